The number of hydrogen-bond donors (Lipinski definition) is 4. The first-order valence-electron chi connectivity index (χ1n) is 14.7. The van der Waals surface area contributed by atoms with E-state index in [0.717, 1.165) is 32.1 Å². The van der Waals surface area contributed by atoms with Gasteiger partial charge in [-0.25, -0.2) is 13.2 Å². The lowest BCUT2D eigenvalue weighted by Gasteiger charge is -2.39. The molecular formula is C28H45N5O7S. The summed E-state index contributed by atoms with van der Waals surface area (Å²) in [5.74, 6) is -2.56. The van der Waals surface area contributed by atoms with E-state index in [2.05, 4.69) is 21.3 Å². The van der Waals surface area contributed by atoms with Gasteiger partial charge in [0.15, 0.2) is 9.84 Å². The Morgan fingerprint density at radius 1 is 0.927 bits per heavy atom. The summed E-state index contributed by atoms with van der Waals surface area (Å²) in [6.07, 6.45) is 5.31. The summed E-state index contributed by atoms with van der Waals surface area (Å²) >= 11 is 0. The molecule has 41 heavy (non-hydrogen) atoms. The number of carbonyl (C=O) groups excluding carboxylic acids is 5. The summed E-state index contributed by atoms with van der Waals surface area (Å²) in [4.78, 5) is 64.9. The van der Waals surface area contributed by atoms with Gasteiger partial charge in [-0.1, -0.05) is 33.1 Å². The average molecular weight is 596 g/mol. The van der Waals surface area contributed by atoms with Crippen LogP contribution in [0.1, 0.15) is 79.6 Å². The summed E-state index contributed by atoms with van der Waals surface area (Å²) in [6, 6.07) is -1.41. The highest BCUT2D eigenvalue weighted by Gasteiger charge is 2.69. The molecule has 3 saturated carbocycles. The Morgan fingerprint density at radius 2 is 1.56 bits per heavy atom. The van der Waals surface area contributed by atoms with Crippen LogP contribution in [0.25, 0.3) is 0 Å². The number of sulfone groups is 1. The maximum absolute atomic E-state index is 13.2. The number of nitrogens with zero attached hydrogens (tertiary/aromatic N) is 1. The van der Waals surface area contributed by atoms with E-state index >= 15 is 0 Å². The monoisotopic (exact) mass is 595 g/mol. The number of likely N-dealkylation sites (tertiary alicyclic amines) is 1. The third kappa shape index (κ3) is 6.86. The second-order valence-corrected chi connectivity index (χ2v) is 16.6. The van der Waals surface area contributed by atoms with Crippen LogP contribution in [-0.4, -0.2) is 90.6 Å². The highest BCUT2D eigenvalue weighted by molar-refractivity contribution is 7.92. The van der Waals surface area contributed by atoms with Crippen LogP contribution in [0.3, 0.4) is 0 Å². The normalized spacial score (nSPS) is 26.4. The van der Waals surface area contributed by atoms with Crippen molar-refractivity contribution >= 4 is 39.4 Å². The van der Waals surface area contributed by atoms with Gasteiger partial charge in [0.2, 0.25) is 17.6 Å². The molecule has 4 aliphatic rings. The van der Waals surface area contributed by atoms with Crippen molar-refractivity contribution in [3.63, 3.8) is 0 Å². The molecule has 5 amide bonds. The first-order chi connectivity index (χ1) is 19.0. The van der Waals surface area contributed by atoms with Crippen molar-refractivity contribution in [2.45, 2.75) is 102 Å². The van der Waals surface area contributed by atoms with Gasteiger partial charge in [-0.05, 0) is 63.7 Å². The third-order valence-corrected chi connectivity index (χ3v) is 12.2. The van der Waals surface area contributed by atoms with Crippen molar-refractivity contribution in [1.82, 2.24) is 26.2 Å². The van der Waals surface area contributed by atoms with E-state index in [1.165, 1.54) is 4.90 Å². The molecule has 1 aliphatic heterocycles. The lowest BCUT2D eigenvalue weighted by molar-refractivity contribution is -0.141. The zero-order valence-electron chi connectivity index (χ0n) is 24.8. The molecule has 3 atom stereocenters. The molecule has 4 rings (SSSR count). The van der Waals surface area contributed by atoms with Crippen molar-refractivity contribution in [2.75, 3.05) is 25.4 Å². The van der Waals surface area contributed by atoms with Crippen LogP contribution in [0.15, 0.2) is 0 Å². The maximum Gasteiger partial charge on any atom is 0.315 e. The van der Waals surface area contributed by atoms with Crippen LogP contribution in [-0.2, 0) is 29.0 Å². The number of Topliss-reactive ketones (excluding diaryl/α,β-unsaturated/α-hetero) is 1. The Labute approximate surface area is 242 Å². The molecule has 2 unspecified atom stereocenters. The Balaban J connectivity index is 1.34. The second kappa shape index (κ2) is 11.2. The fraction of sp³-hybridized carbons (Fsp3) is 0.821. The van der Waals surface area contributed by atoms with Crippen molar-refractivity contribution in [3.05, 3.63) is 0 Å². The number of rotatable bonds is 10. The van der Waals surface area contributed by atoms with E-state index in [1.54, 1.807) is 20.8 Å². The minimum atomic E-state index is -3.51. The van der Waals surface area contributed by atoms with Gasteiger partial charge in [0.1, 0.15) is 6.04 Å². The number of nitrogens with one attached hydrogen (secondary N) is 4. The first kappa shape index (κ1) is 31.2. The standard InChI is InChI=1S/C28H45N5O7S/c1-26(2,3)41(39,40)16-28(11-7-6-8-12-28)32-25(38)30-14-20(35)33-15-18-21(27(18,4)5)22(33)24(37)29-13-19(34)23(36)31-17-9-10-17/h17-18,21-22H,6-16H2,1-5H3,(H,29,37)(H,31,36)(H2,30,32,38)/t18?,21?,22-/m0/s1. The SMILES string of the molecule is CC1(C)C2CN(C(=O)CNC(=O)NC3(CS(=O)(=O)C(C)(C)C)CCCCC3)[C@H](C(=O)NCC(=O)C(=O)NC3CC3)C21. The zero-order chi connectivity index (χ0) is 30.4. The molecule has 0 radical (unpaired) electrons. The van der Waals surface area contributed by atoms with Crippen LogP contribution in [0.4, 0.5) is 4.79 Å². The van der Waals surface area contributed by atoms with Crippen molar-refractivity contribution in [2.24, 2.45) is 17.3 Å². The number of urea groups is 1. The molecule has 0 aromatic heterocycles. The molecule has 0 aromatic rings. The molecule has 1 saturated heterocycles. The first-order valence-corrected chi connectivity index (χ1v) is 16.3. The van der Waals surface area contributed by atoms with Crippen LogP contribution < -0.4 is 21.3 Å². The Bertz CT molecular complexity index is 1200. The fourth-order valence-electron chi connectivity index (χ4n) is 6.35. The molecule has 4 N–H and O–H groups in total. The van der Waals surface area contributed by atoms with Gasteiger partial charge in [-0.15, -0.1) is 0 Å². The Morgan fingerprint density at radius 3 is 2.15 bits per heavy atom. The molecule has 3 aliphatic carbocycles. The van der Waals surface area contributed by atoms with Gasteiger partial charge in [-0.3, -0.25) is 19.2 Å². The average Bonchev–Trinajstić information content (AvgIpc) is 3.72. The number of ketones is 1. The number of piperidine rings is 1. The zero-order valence-corrected chi connectivity index (χ0v) is 25.6. The topological polar surface area (TPSA) is 171 Å². The highest BCUT2D eigenvalue weighted by Crippen LogP contribution is 2.64. The van der Waals surface area contributed by atoms with Crippen LogP contribution in [0.5, 0.6) is 0 Å². The minimum absolute atomic E-state index is 0.0266. The van der Waals surface area contributed by atoms with Gasteiger partial charge in [-0.2, -0.15) is 0 Å². The molecule has 12 nitrogen and oxygen atoms in total. The van der Waals surface area contributed by atoms with E-state index in [-0.39, 0.29) is 35.6 Å². The lowest BCUT2D eigenvalue weighted by Crippen LogP contribution is -2.59. The van der Waals surface area contributed by atoms with Gasteiger partial charge >= 0.3 is 6.03 Å². The van der Waals surface area contributed by atoms with Crippen LogP contribution in [0.2, 0.25) is 0 Å². The summed E-state index contributed by atoms with van der Waals surface area (Å²) in [6.45, 7) is 8.52. The summed E-state index contributed by atoms with van der Waals surface area (Å²) in [5, 5.41) is 10.6. The van der Waals surface area contributed by atoms with Crippen LogP contribution >= 0.6 is 0 Å². The van der Waals surface area contributed by atoms with Crippen molar-refractivity contribution < 1.29 is 32.4 Å². The lowest BCUT2D eigenvalue weighted by atomic mass is 9.83. The fourth-order valence-corrected chi connectivity index (χ4v) is 7.87. The second-order valence-electron chi connectivity index (χ2n) is 13.9. The summed E-state index contributed by atoms with van der Waals surface area (Å²) in [7, 11) is -3.51. The molecule has 0 bridgehead atoms. The maximum atomic E-state index is 13.2. The minimum Gasteiger partial charge on any atom is -0.347 e. The third-order valence-electron chi connectivity index (χ3n) is 9.38. The van der Waals surface area contributed by atoms with Gasteiger partial charge in [0.25, 0.3) is 5.91 Å². The molecule has 230 valence electrons. The van der Waals surface area contributed by atoms with Crippen molar-refractivity contribution in [3.8, 4) is 0 Å². The summed E-state index contributed by atoms with van der Waals surface area (Å²) < 4.78 is 25.0. The van der Waals surface area contributed by atoms with E-state index in [9.17, 15) is 32.4 Å². The van der Waals surface area contributed by atoms with Gasteiger partial charge < -0.3 is 26.2 Å². The molecule has 0 spiro atoms. The number of hydrogen-bond acceptors (Lipinski definition) is 7. The predicted molar refractivity (Wildman–Crippen MR) is 151 cm³/mol. The van der Waals surface area contributed by atoms with E-state index < -0.39 is 62.2 Å². The quantitative estimate of drug-likeness (QED) is 0.269. The number of fused-ring (bicyclic) bond motifs is 1. The molecular weight excluding hydrogens is 550 g/mol. The van der Waals surface area contributed by atoms with Crippen LogP contribution in [0, 0.1) is 17.3 Å². The number of carbonyl (C=O) groups is 5. The van der Waals surface area contributed by atoms with E-state index in [0.29, 0.717) is 19.4 Å². The van der Waals surface area contributed by atoms with Gasteiger partial charge in [0.05, 0.1) is 29.1 Å². The predicted octanol–water partition coefficient (Wildman–Crippen LogP) is 0.649. The highest BCUT2D eigenvalue weighted by atomic mass is 32.2. The van der Waals surface area contributed by atoms with E-state index in [4.69, 9.17) is 0 Å². The van der Waals surface area contributed by atoms with E-state index in [1.807, 2.05) is 13.8 Å². The molecule has 4 fully saturated rings. The molecule has 13 heteroatoms. The largest absolute Gasteiger partial charge is 0.347 e. The Hall–Kier alpha value is -2.70. The van der Waals surface area contributed by atoms with Crippen molar-refractivity contribution in [1.29, 1.82) is 0 Å². The molecule has 1 heterocycles. The molecule has 0 aromatic carbocycles. The smallest absolute Gasteiger partial charge is 0.315 e. The Kier molecular flexibility index (Phi) is 8.52. The van der Waals surface area contributed by atoms with Gasteiger partial charge in [0, 0.05) is 12.6 Å². The summed E-state index contributed by atoms with van der Waals surface area (Å²) in [5.41, 5.74) is -1.06. The number of amides is 5.